The van der Waals surface area contributed by atoms with Crippen LogP contribution in [0.3, 0.4) is 0 Å². The largest absolute Gasteiger partial charge is 0.355 e. The van der Waals surface area contributed by atoms with E-state index in [1.165, 1.54) is 11.6 Å². The molecule has 0 spiro atoms. The van der Waals surface area contributed by atoms with Gasteiger partial charge in [0.15, 0.2) is 0 Å². The van der Waals surface area contributed by atoms with Gasteiger partial charge in [0.25, 0.3) is 0 Å². The first-order valence-corrected chi connectivity index (χ1v) is 8.14. The molecule has 0 saturated heterocycles. The number of rotatable bonds is 2. The molecular weight excluding hydrogens is 311 g/mol. The van der Waals surface area contributed by atoms with Crippen molar-refractivity contribution in [2.24, 2.45) is 0 Å². The lowest BCUT2D eigenvalue weighted by atomic mass is 10.1. The summed E-state index contributed by atoms with van der Waals surface area (Å²) in [5.74, 6) is -0.206. The van der Waals surface area contributed by atoms with E-state index >= 15 is 0 Å². The van der Waals surface area contributed by atoms with Crippen molar-refractivity contribution in [2.45, 2.75) is 26.2 Å². The molecule has 3 aromatic rings. The van der Waals surface area contributed by atoms with Gasteiger partial charge in [-0.3, -0.25) is 4.98 Å². The number of nitrogens with one attached hydrogen (secondary N) is 1. The third-order valence-corrected chi connectivity index (χ3v) is 4.65. The molecule has 1 aliphatic carbocycles. The molecule has 0 fully saturated rings. The average Bonchev–Trinajstić information content (AvgIpc) is 2.99. The van der Waals surface area contributed by atoms with Crippen molar-refractivity contribution in [3.05, 3.63) is 64.1 Å². The molecule has 0 bridgehead atoms. The Kier molecular flexibility index (Phi) is 3.46. The first-order valence-electron chi connectivity index (χ1n) is 7.76. The van der Waals surface area contributed by atoms with E-state index in [1.54, 1.807) is 13.0 Å². The smallest absolute Gasteiger partial charge is 0.128 e. The molecule has 0 aliphatic heterocycles. The number of aryl methyl sites for hydroxylation is 2. The summed E-state index contributed by atoms with van der Waals surface area (Å²) in [6, 6.07) is 10.9. The highest BCUT2D eigenvalue weighted by Crippen LogP contribution is 2.37. The fraction of sp³-hybridized carbons (Fsp3) is 0.211. The molecule has 4 rings (SSSR count). The van der Waals surface area contributed by atoms with Crippen LogP contribution in [0.2, 0.25) is 5.02 Å². The van der Waals surface area contributed by atoms with Crippen molar-refractivity contribution in [3.63, 3.8) is 0 Å². The lowest BCUT2D eigenvalue weighted by Gasteiger charge is -2.15. The fourth-order valence-corrected chi connectivity index (χ4v) is 3.36. The van der Waals surface area contributed by atoms with Gasteiger partial charge in [0.2, 0.25) is 0 Å². The van der Waals surface area contributed by atoms with Crippen LogP contribution in [0.4, 0.5) is 15.8 Å². The van der Waals surface area contributed by atoms with Gasteiger partial charge in [-0.25, -0.2) is 4.39 Å². The van der Waals surface area contributed by atoms with Gasteiger partial charge >= 0.3 is 0 Å². The lowest BCUT2D eigenvalue weighted by molar-refractivity contribution is 0.619. The Morgan fingerprint density at radius 1 is 1.13 bits per heavy atom. The molecule has 0 atom stereocenters. The van der Waals surface area contributed by atoms with Gasteiger partial charge in [-0.1, -0.05) is 17.7 Å². The van der Waals surface area contributed by atoms with E-state index in [2.05, 4.69) is 5.32 Å². The minimum Gasteiger partial charge on any atom is -0.355 e. The van der Waals surface area contributed by atoms with Crippen LogP contribution in [0.5, 0.6) is 0 Å². The second-order valence-corrected chi connectivity index (χ2v) is 6.45. The number of pyridine rings is 1. The first-order chi connectivity index (χ1) is 11.1. The van der Waals surface area contributed by atoms with Crippen LogP contribution >= 0.6 is 11.6 Å². The van der Waals surface area contributed by atoms with Crippen molar-refractivity contribution in [3.8, 4) is 0 Å². The molecule has 0 amide bonds. The Morgan fingerprint density at radius 2 is 2.00 bits per heavy atom. The molecule has 2 aromatic carbocycles. The Morgan fingerprint density at radius 3 is 2.83 bits per heavy atom. The van der Waals surface area contributed by atoms with Crippen LogP contribution in [0, 0.1) is 12.7 Å². The standard InChI is InChI=1S/C19H16ClFN2/c1-11-5-7-13(10-16(11)21)22-19-14-3-2-4-17(14)23-18-8-6-12(20)9-15(18)19/h5-10H,2-4H2,1H3,(H,22,23). The second-order valence-electron chi connectivity index (χ2n) is 6.02. The van der Waals surface area contributed by atoms with Crippen LogP contribution in [0.15, 0.2) is 36.4 Å². The van der Waals surface area contributed by atoms with Crippen molar-refractivity contribution < 1.29 is 4.39 Å². The Bertz CT molecular complexity index is 921. The summed E-state index contributed by atoms with van der Waals surface area (Å²) in [6.45, 7) is 1.76. The van der Waals surface area contributed by atoms with Gasteiger partial charge in [0.1, 0.15) is 5.82 Å². The number of halogens is 2. The van der Waals surface area contributed by atoms with Gasteiger partial charge in [-0.2, -0.15) is 0 Å². The molecule has 1 heterocycles. The maximum atomic E-state index is 13.9. The van der Waals surface area contributed by atoms with E-state index < -0.39 is 0 Å². The minimum atomic E-state index is -0.206. The monoisotopic (exact) mass is 326 g/mol. The summed E-state index contributed by atoms with van der Waals surface area (Å²) in [7, 11) is 0. The van der Waals surface area contributed by atoms with Gasteiger partial charge in [0, 0.05) is 21.8 Å². The molecule has 0 radical (unpaired) electrons. The number of nitrogens with zero attached hydrogens (tertiary/aromatic N) is 1. The normalized spacial score (nSPS) is 13.3. The number of anilines is 2. The molecule has 0 unspecified atom stereocenters. The highest BCUT2D eigenvalue weighted by Gasteiger charge is 2.20. The average molecular weight is 327 g/mol. The summed E-state index contributed by atoms with van der Waals surface area (Å²) in [6.07, 6.45) is 3.08. The van der Waals surface area contributed by atoms with Crippen molar-refractivity contribution >= 4 is 33.9 Å². The fourth-order valence-electron chi connectivity index (χ4n) is 3.19. The van der Waals surface area contributed by atoms with Gasteiger partial charge in [-0.15, -0.1) is 0 Å². The van der Waals surface area contributed by atoms with E-state index in [1.807, 2.05) is 24.3 Å². The molecule has 1 aliphatic rings. The van der Waals surface area contributed by atoms with Crippen LogP contribution in [-0.4, -0.2) is 4.98 Å². The quantitative estimate of drug-likeness (QED) is 0.666. The molecule has 1 aromatic heterocycles. The van der Waals surface area contributed by atoms with Crippen LogP contribution in [0.1, 0.15) is 23.2 Å². The third kappa shape index (κ3) is 2.55. The molecule has 4 heteroatoms. The van der Waals surface area contributed by atoms with Crippen molar-refractivity contribution in [2.75, 3.05) is 5.32 Å². The van der Waals surface area contributed by atoms with Gasteiger partial charge in [-0.05, 0) is 67.6 Å². The number of hydrogen-bond donors (Lipinski definition) is 1. The molecular formula is C19H16ClFN2. The van der Waals surface area contributed by atoms with Gasteiger partial charge in [0.05, 0.1) is 11.2 Å². The SMILES string of the molecule is Cc1ccc(Nc2c3c(nc4ccc(Cl)cc24)CCC3)cc1F. The first kappa shape index (κ1) is 14.5. The van der Waals surface area contributed by atoms with E-state index in [-0.39, 0.29) is 5.82 Å². The molecule has 1 N–H and O–H groups in total. The Labute approximate surface area is 139 Å². The molecule has 23 heavy (non-hydrogen) atoms. The van der Waals surface area contributed by atoms with Crippen molar-refractivity contribution in [1.82, 2.24) is 4.98 Å². The maximum absolute atomic E-state index is 13.9. The highest BCUT2D eigenvalue weighted by molar-refractivity contribution is 6.31. The van der Waals surface area contributed by atoms with E-state index in [0.29, 0.717) is 10.6 Å². The minimum absolute atomic E-state index is 0.206. The summed E-state index contributed by atoms with van der Waals surface area (Å²) in [4.78, 5) is 4.76. The zero-order chi connectivity index (χ0) is 16.0. The van der Waals surface area contributed by atoms with Crippen LogP contribution in [0.25, 0.3) is 10.9 Å². The number of hydrogen-bond acceptors (Lipinski definition) is 2. The zero-order valence-corrected chi connectivity index (χ0v) is 13.5. The van der Waals surface area contributed by atoms with E-state index in [0.717, 1.165) is 47.2 Å². The molecule has 0 saturated carbocycles. The predicted octanol–water partition coefficient (Wildman–Crippen LogP) is 5.57. The summed E-state index contributed by atoms with van der Waals surface area (Å²) in [5.41, 5.74) is 5.67. The second kappa shape index (κ2) is 5.50. The summed E-state index contributed by atoms with van der Waals surface area (Å²) in [5, 5.41) is 5.07. The van der Waals surface area contributed by atoms with Crippen LogP contribution in [-0.2, 0) is 12.8 Å². The molecule has 116 valence electrons. The summed E-state index contributed by atoms with van der Waals surface area (Å²) < 4.78 is 13.9. The zero-order valence-electron chi connectivity index (χ0n) is 12.8. The third-order valence-electron chi connectivity index (χ3n) is 4.41. The highest BCUT2D eigenvalue weighted by atomic mass is 35.5. The maximum Gasteiger partial charge on any atom is 0.128 e. The van der Waals surface area contributed by atoms with Crippen LogP contribution < -0.4 is 5.32 Å². The van der Waals surface area contributed by atoms with Crippen molar-refractivity contribution in [1.29, 1.82) is 0 Å². The lowest BCUT2D eigenvalue weighted by Crippen LogP contribution is -2.00. The number of fused-ring (bicyclic) bond motifs is 2. The van der Waals surface area contributed by atoms with E-state index in [4.69, 9.17) is 16.6 Å². The Hall–Kier alpha value is -2.13. The summed E-state index contributed by atoms with van der Waals surface area (Å²) >= 11 is 6.18. The topological polar surface area (TPSA) is 24.9 Å². The predicted molar refractivity (Wildman–Crippen MR) is 93.2 cm³/mol. The van der Waals surface area contributed by atoms with E-state index in [9.17, 15) is 4.39 Å². The van der Waals surface area contributed by atoms with Gasteiger partial charge < -0.3 is 5.32 Å². The number of benzene rings is 2. The molecule has 2 nitrogen and oxygen atoms in total. The number of aromatic nitrogens is 1. The Balaban J connectivity index is 1.90.